The molecule has 0 unspecified atom stereocenters. The van der Waals surface area contributed by atoms with Crippen molar-refractivity contribution in [3.05, 3.63) is 71.3 Å². The number of carboxylic acids is 1. The average molecular weight is 445 g/mol. The summed E-state index contributed by atoms with van der Waals surface area (Å²) < 4.78 is 40.0. The summed E-state index contributed by atoms with van der Waals surface area (Å²) in [6.45, 7) is 1.08. The molecule has 1 aliphatic heterocycles. The van der Waals surface area contributed by atoms with Gasteiger partial charge in [-0.25, -0.2) is 9.79 Å². The summed E-state index contributed by atoms with van der Waals surface area (Å²) in [4.78, 5) is 32.4. The van der Waals surface area contributed by atoms with Crippen molar-refractivity contribution in [3.63, 3.8) is 0 Å². The topological polar surface area (TPSA) is 73.2 Å². The van der Waals surface area contributed by atoms with Gasteiger partial charge in [0.1, 0.15) is 5.84 Å². The molecular formula is C23H22F3N3O3. The number of piperazine rings is 1. The number of hydrogen-bond acceptors (Lipinski definition) is 3. The number of aliphatic carboxylic acids is 1. The zero-order chi connectivity index (χ0) is 22.9. The Balaban J connectivity index is 1.54. The van der Waals surface area contributed by atoms with Crippen molar-refractivity contribution in [2.24, 2.45) is 4.99 Å². The van der Waals surface area contributed by atoms with E-state index in [-0.39, 0.29) is 18.7 Å². The third-order valence-corrected chi connectivity index (χ3v) is 5.80. The normalized spacial score (nSPS) is 18.4. The Kier molecular flexibility index (Phi) is 5.66. The van der Waals surface area contributed by atoms with Crippen molar-refractivity contribution in [2.45, 2.75) is 24.6 Å². The Morgan fingerprint density at radius 3 is 2.00 bits per heavy atom. The van der Waals surface area contributed by atoms with E-state index in [2.05, 4.69) is 4.99 Å². The molecular weight excluding hydrogens is 423 g/mol. The number of carbonyl (C=O) groups excluding carboxylic acids is 1. The Morgan fingerprint density at radius 1 is 0.875 bits per heavy atom. The predicted molar refractivity (Wildman–Crippen MR) is 112 cm³/mol. The van der Waals surface area contributed by atoms with Gasteiger partial charge in [-0.2, -0.15) is 13.2 Å². The van der Waals surface area contributed by atoms with Crippen molar-refractivity contribution < 1.29 is 27.9 Å². The number of aliphatic imine (C=N–C) groups is 1. The van der Waals surface area contributed by atoms with Crippen LogP contribution in [-0.2, 0) is 11.0 Å². The lowest BCUT2D eigenvalue weighted by Crippen LogP contribution is -2.51. The van der Waals surface area contributed by atoms with Crippen LogP contribution in [0.4, 0.5) is 13.2 Å². The maximum atomic E-state index is 13.3. The van der Waals surface area contributed by atoms with E-state index in [0.717, 1.165) is 11.6 Å². The van der Waals surface area contributed by atoms with Crippen molar-refractivity contribution in [1.82, 2.24) is 9.80 Å². The molecule has 4 rings (SSSR count). The lowest BCUT2D eigenvalue weighted by atomic mass is 10.1. The fraction of sp³-hybridized carbons (Fsp3) is 0.348. The summed E-state index contributed by atoms with van der Waals surface area (Å²) in [5.74, 6) is -1.10. The van der Waals surface area contributed by atoms with Gasteiger partial charge in [0.2, 0.25) is 0 Å². The van der Waals surface area contributed by atoms with Crippen LogP contribution in [0.1, 0.15) is 34.3 Å². The summed E-state index contributed by atoms with van der Waals surface area (Å²) in [6, 6.07) is 14.0. The van der Waals surface area contributed by atoms with Crippen molar-refractivity contribution in [3.8, 4) is 0 Å². The number of halogens is 3. The predicted octanol–water partition coefficient (Wildman–Crippen LogP) is 3.53. The Bertz CT molecular complexity index is 1040. The highest BCUT2D eigenvalue weighted by Crippen LogP contribution is 2.41. The van der Waals surface area contributed by atoms with E-state index >= 15 is 0 Å². The molecule has 32 heavy (non-hydrogen) atoms. The van der Waals surface area contributed by atoms with Crippen molar-refractivity contribution in [2.75, 3.05) is 26.2 Å². The maximum absolute atomic E-state index is 13.3. The quantitative estimate of drug-likeness (QED) is 0.577. The summed E-state index contributed by atoms with van der Waals surface area (Å²) in [5, 5.41) is 9.56. The minimum Gasteiger partial charge on any atom is -0.479 e. The Morgan fingerprint density at radius 2 is 1.44 bits per heavy atom. The van der Waals surface area contributed by atoms with Gasteiger partial charge in [0.05, 0.1) is 11.1 Å². The van der Waals surface area contributed by atoms with Gasteiger partial charge in [-0.15, -0.1) is 0 Å². The highest BCUT2D eigenvalue weighted by atomic mass is 19.4. The van der Waals surface area contributed by atoms with E-state index in [0.29, 0.717) is 31.8 Å². The third-order valence-electron chi connectivity index (χ3n) is 5.80. The van der Waals surface area contributed by atoms with Crippen LogP contribution < -0.4 is 0 Å². The molecule has 2 fully saturated rings. The molecule has 0 atom stereocenters. The fourth-order valence-corrected chi connectivity index (χ4v) is 3.81. The number of carbonyl (C=O) groups is 2. The van der Waals surface area contributed by atoms with Crippen LogP contribution in [0.25, 0.3) is 0 Å². The van der Waals surface area contributed by atoms with Crippen LogP contribution in [0.2, 0.25) is 0 Å². The van der Waals surface area contributed by atoms with Gasteiger partial charge < -0.3 is 14.9 Å². The molecule has 2 aromatic rings. The van der Waals surface area contributed by atoms with Gasteiger partial charge in [0.25, 0.3) is 5.91 Å². The van der Waals surface area contributed by atoms with E-state index in [1.165, 1.54) is 23.1 Å². The molecule has 1 saturated carbocycles. The molecule has 168 valence electrons. The van der Waals surface area contributed by atoms with Crippen molar-refractivity contribution >= 4 is 17.7 Å². The average Bonchev–Trinajstić information content (AvgIpc) is 3.58. The van der Waals surface area contributed by atoms with E-state index in [1.54, 1.807) is 0 Å². The van der Waals surface area contributed by atoms with Gasteiger partial charge in [-0.1, -0.05) is 42.5 Å². The lowest BCUT2D eigenvalue weighted by molar-refractivity contribution is -0.139. The Hall–Kier alpha value is -3.36. The number of amides is 1. The second-order valence-corrected chi connectivity index (χ2v) is 7.96. The Labute approximate surface area is 183 Å². The van der Waals surface area contributed by atoms with Gasteiger partial charge >= 0.3 is 12.1 Å². The lowest BCUT2D eigenvalue weighted by Gasteiger charge is -2.37. The minimum absolute atomic E-state index is 0.205. The van der Waals surface area contributed by atoms with Gasteiger partial charge in [-0.3, -0.25) is 4.79 Å². The van der Waals surface area contributed by atoms with Gasteiger partial charge in [0.15, 0.2) is 5.54 Å². The molecule has 1 heterocycles. The standard InChI is InChI=1S/C23H22F3N3O3/c24-23(25,26)18-9-5-4-8-17(18)20(30)29-14-12-28(13-15-29)19(16-6-2-1-3-7-16)27-22(10-11-22)21(31)32/h1-9H,10-15H2,(H,31,32)/b27-19+. The molecule has 2 aromatic carbocycles. The SMILES string of the molecule is O=C(c1ccccc1C(F)(F)F)N1CCN(/C(=N/C2(C(=O)O)CC2)c2ccccc2)CC1. The van der Waals surface area contributed by atoms with Crippen LogP contribution in [0.5, 0.6) is 0 Å². The molecule has 0 bridgehead atoms. The minimum atomic E-state index is -4.61. The molecule has 1 amide bonds. The van der Waals surface area contributed by atoms with E-state index in [4.69, 9.17) is 0 Å². The van der Waals surface area contributed by atoms with E-state index in [9.17, 15) is 27.9 Å². The molecule has 0 spiro atoms. The second kappa shape index (κ2) is 8.29. The zero-order valence-electron chi connectivity index (χ0n) is 17.2. The van der Waals surface area contributed by atoms with Crippen LogP contribution in [0.15, 0.2) is 59.6 Å². The smallest absolute Gasteiger partial charge is 0.417 e. The van der Waals surface area contributed by atoms with E-state index < -0.39 is 29.2 Å². The first kappa shape index (κ1) is 21.9. The van der Waals surface area contributed by atoms with Crippen molar-refractivity contribution in [1.29, 1.82) is 0 Å². The summed E-state index contributed by atoms with van der Waals surface area (Å²) in [7, 11) is 0. The molecule has 0 radical (unpaired) electrons. The molecule has 6 nitrogen and oxygen atoms in total. The fourth-order valence-electron chi connectivity index (χ4n) is 3.81. The number of amidine groups is 1. The first-order valence-electron chi connectivity index (χ1n) is 10.3. The molecule has 1 N–H and O–H groups in total. The second-order valence-electron chi connectivity index (χ2n) is 7.96. The monoisotopic (exact) mass is 445 g/mol. The molecule has 2 aliphatic rings. The summed E-state index contributed by atoms with van der Waals surface area (Å²) in [6.07, 6.45) is -3.69. The first-order chi connectivity index (χ1) is 15.2. The summed E-state index contributed by atoms with van der Waals surface area (Å²) >= 11 is 0. The zero-order valence-corrected chi connectivity index (χ0v) is 17.2. The number of benzene rings is 2. The number of rotatable bonds is 4. The number of nitrogens with zero attached hydrogens (tertiary/aromatic N) is 3. The molecule has 0 aromatic heterocycles. The van der Waals surface area contributed by atoms with Gasteiger partial charge in [0, 0.05) is 31.7 Å². The molecule has 1 saturated heterocycles. The van der Waals surface area contributed by atoms with Crippen LogP contribution in [-0.4, -0.2) is 64.3 Å². The number of alkyl halides is 3. The molecule has 9 heteroatoms. The van der Waals surface area contributed by atoms with Gasteiger partial charge in [-0.05, 0) is 25.0 Å². The first-order valence-corrected chi connectivity index (χ1v) is 10.3. The highest BCUT2D eigenvalue weighted by molar-refractivity contribution is 6.01. The largest absolute Gasteiger partial charge is 0.479 e. The maximum Gasteiger partial charge on any atom is 0.417 e. The van der Waals surface area contributed by atoms with Crippen LogP contribution in [0.3, 0.4) is 0 Å². The summed E-state index contributed by atoms with van der Waals surface area (Å²) in [5.41, 5.74) is -1.67. The van der Waals surface area contributed by atoms with Crippen LogP contribution in [0, 0.1) is 0 Å². The molecule has 1 aliphatic carbocycles. The van der Waals surface area contributed by atoms with Crippen LogP contribution >= 0.6 is 0 Å². The number of carboxylic acid groups (broad SMARTS) is 1. The highest BCUT2D eigenvalue weighted by Gasteiger charge is 2.51. The number of hydrogen-bond donors (Lipinski definition) is 1. The van der Waals surface area contributed by atoms with E-state index in [1.807, 2.05) is 35.2 Å². The third kappa shape index (κ3) is 4.32.